The number of amides is 2. The van der Waals surface area contributed by atoms with E-state index in [1.54, 1.807) is 0 Å². The predicted molar refractivity (Wildman–Crippen MR) is 92.4 cm³/mol. The van der Waals surface area contributed by atoms with E-state index in [1.165, 1.54) is 5.38 Å². The minimum absolute atomic E-state index is 0.0445. The summed E-state index contributed by atoms with van der Waals surface area (Å²) in [7, 11) is -1.79. The van der Waals surface area contributed by atoms with Gasteiger partial charge >= 0.3 is 5.97 Å². The zero-order valence-corrected chi connectivity index (χ0v) is 15.9. The predicted octanol–water partition coefficient (Wildman–Crippen LogP) is -3.67. The summed E-state index contributed by atoms with van der Waals surface area (Å²) in [5, 5.41) is 26.2. The number of carboxylic acids is 1. The van der Waals surface area contributed by atoms with Crippen molar-refractivity contribution in [2.24, 2.45) is 11.1 Å². The minimum atomic E-state index is -2.36. The van der Waals surface area contributed by atoms with Crippen LogP contribution in [0.3, 0.4) is 0 Å². The SMILES string of the molecule is Nc1nc(/C(=N/O)C(=O)N[C@@H]2C(=O)N3[C@@H]2[S@@](=O)C[C@@H]2CC(=O)O[C@@]23C(=O)[O-])cs1. The molecule has 0 aromatic carbocycles. The van der Waals surface area contributed by atoms with Gasteiger partial charge in [-0.25, -0.2) is 4.98 Å². The van der Waals surface area contributed by atoms with Crippen molar-refractivity contribution in [1.29, 1.82) is 0 Å². The molecule has 3 aliphatic rings. The summed E-state index contributed by atoms with van der Waals surface area (Å²) in [4.78, 5) is 53.0. The molecule has 0 bridgehead atoms. The normalized spacial score (nSPS) is 33.4. The number of rotatable bonds is 4. The first-order chi connectivity index (χ1) is 13.7. The maximum Gasteiger partial charge on any atom is 0.308 e. The number of aromatic nitrogens is 1. The van der Waals surface area contributed by atoms with Crippen LogP contribution < -0.4 is 16.2 Å². The number of fused-ring (bicyclic) bond motifs is 3. The van der Waals surface area contributed by atoms with Crippen molar-refractivity contribution in [3.8, 4) is 0 Å². The number of carbonyl (C=O) groups is 4. The van der Waals surface area contributed by atoms with Crippen LogP contribution in [0.15, 0.2) is 10.5 Å². The molecular formula is C14H12N5O8S2-. The Labute approximate surface area is 168 Å². The van der Waals surface area contributed by atoms with E-state index in [0.717, 1.165) is 11.3 Å². The third-order valence-corrected chi connectivity index (χ3v) is 7.36. The molecule has 3 saturated heterocycles. The Bertz CT molecular complexity index is 1010. The van der Waals surface area contributed by atoms with Crippen molar-refractivity contribution in [3.63, 3.8) is 0 Å². The Morgan fingerprint density at radius 3 is 2.83 bits per heavy atom. The number of aliphatic carboxylic acids is 1. The van der Waals surface area contributed by atoms with Crippen LogP contribution in [0.4, 0.5) is 5.13 Å². The molecule has 1 aromatic heterocycles. The Kier molecular flexibility index (Phi) is 4.30. The Morgan fingerprint density at radius 2 is 2.24 bits per heavy atom. The molecule has 0 unspecified atom stereocenters. The Balaban J connectivity index is 1.60. The van der Waals surface area contributed by atoms with Crippen molar-refractivity contribution in [1.82, 2.24) is 15.2 Å². The number of thiazole rings is 1. The fourth-order valence-electron chi connectivity index (χ4n) is 3.70. The van der Waals surface area contributed by atoms with Gasteiger partial charge in [0.25, 0.3) is 11.8 Å². The summed E-state index contributed by atoms with van der Waals surface area (Å²) in [6, 6.07) is -1.38. The highest BCUT2D eigenvalue weighted by Gasteiger charge is 2.70. The number of hydrogen-bond acceptors (Lipinski definition) is 12. The van der Waals surface area contributed by atoms with E-state index in [1.807, 2.05) is 0 Å². The second-order valence-electron chi connectivity index (χ2n) is 6.48. The standard InChI is InChI=1S/C14H13N5O8S2/c15-13-16-5(2-28-13)7(18-25)9(21)17-8-10(22)19-11(8)29(26)3-4-1-6(20)27-14(4,19)12(23)24/h2,4,8,11,25H,1,3H2,(H2,15,16)(H,17,21)(H,23,24)/p-1/b18-7-/t4-,8+,11+,14+,29-/m0/s1. The molecule has 0 radical (unpaired) electrons. The summed E-state index contributed by atoms with van der Waals surface area (Å²) in [6.07, 6.45) is -0.320. The number of nitrogens with two attached hydrogens (primary N) is 1. The highest BCUT2D eigenvalue weighted by atomic mass is 32.2. The number of β-lactam (4-membered cyclic amide) rings is 1. The fourth-order valence-corrected chi connectivity index (χ4v) is 6.17. The van der Waals surface area contributed by atoms with Gasteiger partial charge in [0.05, 0.1) is 6.42 Å². The number of nitrogens with one attached hydrogen (secondary N) is 1. The lowest BCUT2D eigenvalue weighted by Crippen LogP contribution is -2.84. The molecule has 2 amide bonds. The highest BCUT2D eigenvalue weighted by molar-refractivity contribution is 7.85. The number of esters is 1. The van der Waals surface area contributed by atoms with Gasteiger partial charge in [0.2, 0.25) is 5.72 Å². The number of nitrogens with zero attached hydrogens (tertiary/aromatic N) is 3. The second-order valence-corrected chi connectivity index (χ2v) is 8.94. The molecule has 4 rings (SSSR count). The van der Waals surface area contributed by atoms with Gasteiger partial charge < -0.3 is 30.9 Å². The Hall–Kier alpha value is -3.07. The van der Waals surface area contributed by atoms with Gasteiger partial charge in [0, 0.05) is 27.9 Å². The van der Waals surface area contributed by atoms with Crippen LogP contribution in [0.1, 0.15) is 12.1 Å². The zero-order chi connectivity index (χ0) is 21.1. The molecule has 4 N–H and O–H groups in total. The van der Waals surface area contributed by atoms with Crippen LogP contribution in [-0.4, -0.2) is 71.7 Å². The third kappa shape index (κ3) is 2.61. The quantitative estimate of drug-likeness (QED) is 0.137. The largest absolute Gasteiger partial charge is 0.544 e. The average Bonchev–Trinajstić information content (AvgIpc) is 3.21. The number of hydrogen-bond donors (Lipinski definition) is 3. The molecule has 4 heterocycles. The molecule has 5 atom stereocenters. The summed E-state index contributed by atoms with van der Waals surface area (Å²) in [5.41, 5.74) is 2.54. The fraction of sp³-hybridized carbons (Fsp3) is 0.429. The van der Waals surface area contributed by atoms with Crippen molar-refractivity contribution < 1.29 is 38.4 Å². The van der Waals surface area contributed by atoms with Crippen molar-refractivity contribution >= 4 is 56.7 Å². The molecule has 0 aliphatic carbocycles. The maximum atomic E-state index is 12.6. The first kappa shape index (κ1) is 19.3. The molecule has 3 aliphatic heterocycles. The van der Waals surface area contributed by atoms with Crippen LogP contribution in [0, 0.1) is 5.92 Å². The monoisotopic (exact) mass is 442 g/mol. The first-order valence-electron chi connectivity index (χ1n) is 8.08. The van der Waals surface area contributed by atoms with Crippen LogP contribution in [0.2, 0.25) is 0 Å². The Morgan fingerprint density at radius 1 is 1.52 bits per heavy atom. The van der Waals surface area contributed by atoms with E-state index in [-0.39, 0.29) is 23.0 Å². The number of ether oxygens (including phenoxy) is 1. The van der Waals surface area contributed by atoms with Gasteiger partial charge in [-0.1, -0.05) is 5.16 Å². The topological polar surface area (TPSA) is 204 Å². The van der Waals surface area contributed by atoms with Crippen LogP contribution in [0.25, 0.3) is 0 Å². The van der Waals surface area contributed by atoms with Gasteiger partial charge in [-0.15, -0.1) is 11.3 Å². The van der Waals surface area contributed by atoms with E-state index < -0.39 is 63.3 Å². The van der Waals surface area contributed by atoms with Crippen molar-refractivity contribution in [3.05, 3.63) is 11.1 Å². The molecular weight excluding hydrogens is 430 g/mol. The third-order valence-electron chi connectivity index (χ3n) is 4.93. The lowest BCUT2D eigenvalue weighted by Gasteiger charge is -2.58. The maximum absolute atomic E-state index is 12.6. The van der Waals surface area contributed by atoms with Gasteiger partial charge in [-0.2, -0.15) is 0 Å². The second kappa shape index (κ2) is 6.48. The molecule has 1 aromatic rings. The molecule has 0 spiro atoms. The van der Waals surface area contributed by atoms with Crippen molar-refractivity contribution in [2.75, 3.05) is 11.5 Å². The number of carboxylic acid groups (broad SMARTS) is 1. The van der Waals surface area contributed by atoms with Gasteiger partial charge in [-0.05, 0) is 0 Å². The summed E-state index contributed by atoms with van der Waals surface area (Å²) < 4.78 is 17.5. The summed E-state index contributed by atoms with van der Waals surface area (Å²) >= 11 is 0.987. The van der Waals surface area contributed by atoms with E-state index >= 15 is 0 Å². The zero-order valence-electron chi connectivity index (χ0n) is 14.3. The minimum Gasteiger partial charge on any atom is -0.544 e. The number of oxime groups is 1. The first-order valence-corrected chi connectivity index (χ1v) is 10.3. The van der Waals surface area contributed by atoms with Gasteiger partial charge in [0.15, 0.2) is 10.8 Å². The van der Waals surface area contributed by atoms with E-state index in [9.17, 15) is 28.5 Å². The van der Waals surface area contributed by atoms with E-state index in [4.69, 9.17) is 15.7 Å². The van der Waals surface area contributed by atoms with Crippen molar-refractivity contribution in [2.45, 2.75) is 23.6 Å². The molecule has 15 heteroatoms. The van der Waals surface area contributed by atoms with Crippen LogP contribution >= 0.6 is 11.3 Å². The number of carbonyl (C=O) groups excluding carboxylic acids is 4. The lowest BCUT2D eigenvalue weighted by molar-refractivity contribution is -0.340. The molecule has 154 valence electrons. The molecule has 13 nitrogen and oxygen atoms in total. The summed E-state index contributed by atoms with van der Waals surface area (Å²) in [5.74, 6) is -5.84. The number of nitrogen functional groups attached to an aromatic ring is 1. The number of anilines is 1. The summed E-state index contributed by atoms with van der Waals surface area (Å²) in [6.45, 7) is 0. The average molecular weight is 442 g/mol. The van der Waals surface area contributed by atoms with E-state index in [0.29, 0.717) is 4.90 Å². The van der Waals surface area contributed by atoms with Gasteiger partial charge in [-0.3, -0.25) is 23.5 Å². The van der Waals surface area contributed by atoms with Crippen LogP contribution in [0.5, 0.6) is 0 Å². The van der Waals surface area contributed by atoms with E-state index in [2.05, 4.69) is 15.5 Å². The molecule has 0 saturated carbocycles. The molecule has 3 fully saturated rings. The smallest absolute Gasteiger partial charge is 0.308 e. The molecule has 29 heavy (non-hydrogen) atoms. The van der Waals surface area contributed by atoms with Crippen LogP contribution in [-0.2, 0) is 34.7 Å². The highest BCUT2D eigenvalue weighted by Crippen LogP contribution is 2.47. The van der Waals surface area contributed by atoms with Gasteiger partial charge in [0.1, 0.15) is 23.1 Å². The lowest BCUT2D eigenvalue weighted by atomic mass is 9.89.